The molecule has 3 heterocycles. The van der Waals surface area contributed by atoms with Crippen LogP contribution in [0.3, 0.4) is 0 Å². The molecule has 0 bridgehead atoms. The third kappa shape index (κ3) is 5.61. The maximum atomic E-state index is 2.48. The van der Waals surface area contributed by atoms with Crippen LogP contribution in [0.5, 0.6) is 0 Å². The zero-order valence-corrected chi connectivity index (χ0v) is 35.3. The van der Waals surface area contributed by atoms with Gasteiger partial charge < -0.3 is 9.80 Å². The minimum Gasteiger partial charge on any atom is -0.310 e. The summed E-state index contributed by atoms with van der Waals surface area (Å²) in [5.74, 6) is 0. The molecule has 1 aromatic heterocycles. The van der Waals surface area contributed by atoms with Crippen molar-refractivity contribution in [3.8, 4) is 22.3 Å². The molecule has 0 N–H and O–H groups in total. The first kappa shape index (κ1) is 36.8. The van der Waals surface area contributed by atoms with Crippen molar-refractivity contribution in [3.05, 3.63) is 240 Å². The van der Waals surface area contributed by atoms with Crippen molar-refractivity contribution in [3.63, 3.8) is 0 Å². The number of nitrogens with zero attached hydrogens (tertiary/aromatic N) is 2. The molecule has 1 spiro atoms. The van der Waals surface area contributed by atoms with Crippen molar-refractivity contribution < 1.29 is 0 Å². The summed E-state index contributed by atoms with van der Waals surface area (Å²) in [6.07, 6.45) is 0. The van der Waals surface area contributed by atoms with E-state index >= 15 is 0 Å². The minimum absolute atomic E-state index is 0.571. The van der Waals surface area contributed by atoms with Crippen LogP contribution in [0.25, 0.3) is 42.4 Å². The van der Waals surface area contributed by atoms with Crippen LogP contribution in [0.4, 0.5) is 34.1 Å². The molecule has 61 heavy (non-hydrogen) atoms. The first-order valence-electron chi connectivity index (χ1n) is 21.3. The molecule has 0 amide bonds. The number of hydrogen-bond donors (Lipinski definition) is 0. The molecule has 2 nitrogen and oxygen atoms in total. The van der Waals surface area contributed by atoms with Crippen LogP contribution in [0.2, 0.25) is 0 Å². The fourth-order valence-corrected chi connectivity index (χ4v) is 11.2. The zero-order chi connectivity index (χ0) is 41.1. The summed E-state index contributed by atoms with van der Waals surface area (Å²) in [5.41, 5.74) is 17.7. The first-order chi connectivity index (χ1) is 30.2. The lowest BCUT2D eigenvalue weighted by atomic mass is 9.60. The van der Waals surface area contributed by atoms with E-state index in [0.717, 1.165) is 11.4 Å². The van der Waals surface area contributed by atoms with Crippen LogP contribution >= 0.6 is 11.3 Å². The number of para-hydroxylation sites is 3. The molecule has 0 saturated heterocycles. The number of aryl methyl sites for hydroxylation is 1. The Morgan fingerprint density at radius 2 is 0.852 bits per heavy atom. The predicted octanol–water partition coefficient (Wildman–Crippen LogP) is 16.7. The van der Waals surface area contributed by atoms with Crippen LogP contribution in [-0.2, 0) is 5.41 Å². The van der Waals surface area contributed by atoms with Gasteiger partial charge in [-0.05, 0) is 106 Å². The number of benzene rings is 9. The molecular weight excluding hydrogens is 757 g/mol. The lowest BCUT2D eigenvalue weighted by molar-refractivity contribution is 0.718. The van der Waals surface area contributed by atoms with Gasteiger partial charge in [-0.1, -0.05) is 177 Å². The van der Waals surface area contributed by atoms with Gasteiger partial charge in [0.15, 0.2) is 0 Å². The molecule has 0 radical (unpaired) electrons. The highest BCUT2D eigenvalue weighted by Crippen LogP contribution is 2.64. The smallest absolute Gasteiger partial charge is 0.0783 e. The summed E-state index contributed by atoms with van der Waals surface area (Å²) < 4.78 is 2.66. The van der Waals surface area contributed by atoms with E-state index in [1.807, 2.05) is 25.2 Å². The fraction of sp³-hybridized carbons (Fsp3) is 0.0690. The van der Waals surface area contributed by atoms with Crippen molar-refractivity contribution in [1.82, 2.24) is 0 Å². The largest absolute Gasteiger partial charge is 0.310 e. The predicted molar refractivity (Wildman–Crippen MR) is 261 cm³/mol. The molecule has 0 atom stereocenters. The first-order valence-corrected chi connectivity index (χ1v) is 22.2. The van der Waals surface area contributed by atoms with Crippen LogP contribution in [0, 0.1) is 6.92 Å². The molecule has 12 rings (SSSR count). The summed E-state index contributed by atoms with van der Waals surface area (Å²) in [4.78, 5) is 4.95. The second-order valence-electron chi connectivity index (χ2n) is 15.7. The Morgan fingerprint density at radius 1 is 0.377 bits per heavy atom. The van der Waals surface area contributed by atoms with Crippen molar-refractivity contribution in [1.29, 1.82) is 0 Å². The summed E-state index contributed by atoms with van der Waals surface area (Å²) in [6.45, 7) is 6.22. The fourth-order valence-electron chi connectivity index (χ4n) is 9.99. The van der Waals surface area contributed by atoms with Crippen LogP contribution in [0.15, 0.2) is 212 Å². The molecular formula is C58H44N2S. The van der Waals surface area contributed by atoms with Crippen molar-refractivity contribution >= 4 is 65.6 Å². The molecule has 9 aromatic carbocycles. The highest BCUT2D eigenvalue weighted by atomic mass is 32.1. The highest BCUT2D eigenvalue weighted by Gasteiger charge is 2.51. The van der Waals surface area contributed by atoms with E-state index in [4.69, 9.17) is 0 Å². The SMILES string of the molecule is CC.Cc1ccc2c(c1)C1(c3ccccc3N(c3ccc(-c4cccc5c4sc4ccccc45)cc3)c3ccccc31)c1ccccc1N2c1ccc(-c2ccccc2)cc1. The average Bonchev–Trinajstić information content (AvgIpc) is 3.72. The Labute approximate surface area is 362 Å². The highest BCUT2D eigenvalue weighted by molar-refractivity contribution is 7.26. The van der Waals surface area contributed by atoms with Gasteiger partial charge in [-0.2, -0.15) is 0 Å². The molecule has 0 unspecified atom stereocenters. The van der Waals surface area contributed by atoms with Gasteiger partial charge in [-0.25, -0.2) is 0 Å². The van der Waals surface area contributed by atoms with E-state index in [9.17, 15) is 0 Å². The van der Waals surface area contributed by atoms with Gasteiger partial charge in [0, 0.05) is 31.5 Å². The Hall–Kier alpha value is -7.20. The monoisotopic (exact) mass is 800 g/mol. The Balaban J connectivity index is 0.00000207. The van der Waals surface area contributed by atoms with E-state index in [1.165, 1.54) is 93.0 Å². The number of anilines is 6. The van der Waals surface area contributed by atoms with Gasteiger partial charge in [0.1, 0.15) is 0 Å². The van der Waals surface area contributed by atoms with E-state index in [1.54, 1.807) is 0 Å². The summed E-state index contributed by atoms with van der Waals surface area (Å²) in [6, 6.07) is 78.6. The van der Waals surface area contributed by atoms with Crippen molar-refractivity contribution in [2.75, 3.05) is 9.80 Å². The quantitative estimate of drug-likeness (QED) is 0.175. The summed E-state index contributed by atoms with van der Waals surface area (Å²) in [5, 5.41) is 2.65. The molecule has 2 aliphatic heterocycles. The minimum atomic E-state index is -0.571. The van der Waals surface area contributed by atoms with Gasteiger partial charge >= 0.3 is 0 Å². The number of thiophene rings is 1. The van der Waals surface area contributed by atoms with Gasteiger partial charge in [-0.3, -0.25) is 0 Å². The Bertz CT molecular complexity index is 3190. The van der Waals surface area contributed by atoms with Crippen molar-refractivity contribution in [2.24, 2.45) is 0 Å². The normalized spacial score (nSPS) is 13.2. The lowest BCUT2D eigenvalue weighted by Crippen LogP contribution is -2.42. The third-order valence-corrected chi connectivity index (χ3v) is 13.7. The second kappa shape index (κ2) is 14.8. The standard InChI is InChI=1S/C56H38N2S.C2H6/c1-37-26-35-53-49(36-37)56(48-21-8-11-24-52(48)58(53)41-31-27-39(28-32-41)38-14-3-2-4-15-38)46-19-6-9-22-50(46)57(51-23-10-7-20-47(51)56)42-33-29-40(30-34-42)43-17-13-18-45-44-16-5-12-25-54(44)59-55(43)45;1-2/h2-36H,1H3;1-2H3. The molecule has 292 valence electrons. The summed E-state index contributed by atoms with van der Waals surface area (Å²) >= 11 is 1.88. The van der Waals surface area contributed by atoms with E-state index in [-0.39, 0.29) is 0 Å². The zero-order valence-electron chi connectivity index (χ0n) is 34.5. The van der Waals surface area contributed by atoms with Crippen LogP contribution in [0.1, 0.15) is 41.7 Å². The topological polar surface area (TPSA) is 6.48 Å². The Morgan fingerprint density at radius 3 is 1.46 bits per heavy atom. The maximum absolute atomic E-state index is 2.48. The van der Waals surface area contributed by atoms with E-state index in [0.29, 0.717) is 0 Å². The van der Waals surface area contributed by atoms with Crippen LogP contribution < -0.4 is 9.80 Å². The van der Waals surface area contributed by atoms with Gasteiger partial charge in [0.25, 0.3) is 0 Å². The van der Waals surface area contributed by atoms with Crippen LogP contribution in [-0.4, -0.2) is 0 Å². The second-order valence-corrected chi connectivity index (χ2v) is 16.8. The van der Waals surface area contributed by atoms with Crippen molar-refractivity contribution in [2.45, 2.75) is 26.2 Å². The molecule has 10 aromatic rings. The number of fused-ring (bicyclic) bond motifs is 11. The molecule has 0 aliphatic carbocycles. The summed E-state index contributed by atoms with van der Waals surface area (Å²) in [7, 11) is 0. The average molecular weight is 801 g/mol. The van der Waals surface area contributed by atoms with Gasteiger partial charge in [0.2, 0.25) is 0 Å². The third-order valence-electron chi connectivity index (χ3n) is 12.5. The molecule has 2 aliphatic rings. The van der Waals surface area contributed by atoms with E-state index < -0.39 is 5.41 Å². The Kier molecular flexibility index (Phi) is 8.95. The number of hydrogen-bond acceptors (Lipinski definition) is 3. The molecule has 0 fully saturated rings. The van der Waals surface area contributed by atoms with Gasteiger partial charge in [0.05, 0.1) is 28.2 Å². The lowest BCUT2D eigenvalue weighted by Gasteiger charge is -2.51. The molecule has 0 saturated carbocycles. The maximum Gasteiger partial charge on any atom is 0.0783 e. The van der Waals surface area contributed by atoms with Gasteiger partial charge in [-0.15, -0.1) is 11.3 Å². The number of rotatable bonds is 4. The van der Waals surface area contributed by atoms with E-state index in [2.05, 4.69) is 229 Å². The molecule has 3 heteroatoms.